The highest BCUT2D eigenvalue weighted by Crippen LogP contribution is 2.26. The van der Waals surface area contributed by atoms with Gasteiger partial charge in [0.1, 0.15) is 10.7 Å². The lowest BCUT2D eigenvalue weighted by molar-refractivity contribution is -0.117. The van der Waals surface area contributed by atoms with Gasteiger partial charge in [0, 0.05) is 31.4 Å². The van der Waals surface area contributed by atoms with E-state index in [0.29, 0.717) is 13.0 Å². The van der Waals surface area contributed by atoms with Crippen LogP contribution in [-0.2, 0) is 14.8 Å². The Hall–Kier alpha value is -1.27. The maximum absolute atomic E-state index is 12.7. The van der Waals surface area contributed by atoms with E-state index in [1.807, 2.05) is 0 Å². The normalized spacial score (nSPS) is 21.4. The molecule has 0 spiro atoms. The molecule has 1 fully saturated rings. The summed E-state index contributed by atoms with van der Waals surface area (Å²) in [5.41, 5.74) is 0. The summed E-state index contributed by atoms with van der Waals surface area (Å²) in [6, 6.07) is 2.95. The van der Waals surface area contributed by atoms with Gasteiger partial charge in [-0.1, -0.05) is 12.8 Å². The highest BCUT2D eigenvalue weighted by molar-refractivity contribution is 7.89. The molecule has 0 amide bonds. The van der Waals surface area contributed by atoms with Crippen molar-refractivity contribution in [2.24, 2.45) is 0 Å². The second-order valence-corrected chi connectivity index (χ2v) is 7.10. The van der Waals surface area contributed by atoms with E-state index < -0.39 is 10.0 Å². The first-order valence-electron chi connectivity index (χ1n) is 6.93. The Morgan fingerprint density at radius 1 is 1.40 bits per heavy atom. The quantitative estimate of drug-likeness (QED) is 0.852. The second kappa shape index (κ2) is 6.45. The van der Waals surface area contributed by atoms with Crippen LogP contribution in [0, 0.1) is 0 Å². The number of Topliss-reactive ketones (excluding diaryl/α,β-unsaturated/α-hetero) is 1. The number of pyridine rings is 1. The first kappa shape index (κ1) is 15.1. The summed E-state index contributed by atoms with van der Waals surface area (Å²) in [5.74, 6) is 0.0308. The molecule has 1 unspecified atom stereocenters. The molecule has 0 saturated carbocycles. The molecule has 1 saturated heterocycles. The van der Waals surface area contributed by atoms with Crippen molar-refractivity contribution in [3.63, 3.8) is 0 Å². The molecule has 1 aliphatic rings. The molecule has 0 aromatic carbocycles. The number of rotatable bonds is 4. The summed E-state index contributed by atoms with van der Waals surface area (Å²) in [7, 11) is -3.56. The third-order valence-corrected chi connectivity index (χ3v) is 5.52. The molecule has 1 aliphatic heterocycles. The van der Waals surface area contributed by atoms with E-state index in [0.717, 1.165) is 25.7 Å². The van der Waals surface area contributed by atoms with E-state index >= 15 is 0 Å². The molecule has 2 rings (SSSR count). The van der Waals surface area contributed by atoms with E-state index in [9.17, 15) is 13.2 Å². The van der Waals surface area contributed by atoms with Crippen molar-refractivity contribution >= 4 is 15.8 Å². The van der Waals surface area contributed by atoms with Crippen molar-refractivity contribution in [1.29, 1.82) is 0 Å². The highest BCUT2D eigenvalue weighted by Gasteiger charge is 2.33. The Morgan fingerprint density at radius 3 is 2.85 bits per heavy atom. The van der Waals surface area contributed by atoms with Gasteiger partial charge in [-0.05, 0) is 31.9 Å². The molecule has 0 N–H and O–H groups in total. The predicted molar refractivity (Wildman–Crippen MR) is 75.7 cm³/mol. The molecule has 110 valence electrons. The molecule has 0 bridgehead atoms. The Bertz CT molecular complexity index is 557. The van der Waals surface area contributed by atoms with Crippen molar-refractivity contribution in [1.82, 2.24) is 9.29 Å². The fraction of sp³-hybridized carbons (Fsp3) is 0.571. The van der Waals surface area contributed by atoms with Gasteiger partial charge in [0.15, 0.2) is 0 Å². The van der Waals surface area contributed by atoms with Gasteiger partial charge < -0.3 is 0 Å². The largest absolute Gasteiger partial charge is 0.300 e. The summed E-state index contributed by atoms with van der Waals surface area (Å²) in [4.78, 5) is 15.5. The molecule has 1 aromatic heterocycles. The van der Waals surface area contributed by atoms with E-state index in [4.69, 9.17) is 0 Å². The van der Waals surface area contributed by atoms with Crippen molar-refractivity contribution in [3.8, 4) is 0 Å². The number of aromatic nitrogens is 1. The fourth-order valence-corrected chi connectivity index (χ4v) is 4.30. The molecule has 0 aliphatic carbocycles. The molecule has 1 aromatic rings. The van der Waals surface area contributed by atoms with Crippen LogP contribution in [0.5, 0.6) is 0 Å². The van der Waals surface area contributed by atoms with Crippen LogP contribution in [0.1, 0.15) is 39.0 Å². The lowest BCUT2D eigenvalue weighted by Crippen LogP contribution is -2.40. The van der Waals surface area contributed by atoms with E-state index in [1.165, 1.54) is 17.4 Å². The van der Waals surface area contributed by atoms with Gasteiger partial charge >= 0.3 is 0 Å². The van der Waals surface area contributed by atoms with Gasteiger partial charge in [-0.3, -0.25) is 9.78 Å². The molecule has 0 radical (unpaired) electrons. The minimum Gasteiger partial charge on any atom is -0.300 e. The fourth-order valence-electron chi connectivity index (χ4n) is 2.64. The molecular weight excluding hydrogens is 276 g/mol. The monoisotopic (exact) mass is 296 g/mol. The maximum Gasteiger partial charge on any atom is 0.244 e. The zero-order valence-corrected chi connectivity index (χ0v) is 12.5. The van der Waals surface area contributed by atoms with Crippen molar-refractivity contribution in [2.45, 2.75) is 50.0 Å². The van der Waals surface area contributed by atoms with Crippen LogP contribution in [0.15, 0.2) is 29.4 Å². The molecule has 6 heteroatoms. The summed E-state index contributed by atoms with van der Waals surface area (Å²) in [6.45, 7) is 1.99. The van der Waals surface area contributed by atoms with Gasteiger partial charge in [-0.25, -0.2) is 8.42 Å². The minimum atomic E-state index is -3.56. The number of carbonyl (C=O) groups is 1. The molecule has 20 heavy (non-hydrogen) atoms. The van der Waals surface area contributed by atoms with Gasteiger partial charge in [-0.2, -0.15) is 4.31 Å². The molecule has 5 nitrogen and oxygen atoms in total. The van der Waals surface area contributed by atoms with Crippen LogP contribution in [0.4, 0.5) is 0 Å². The van der Waals surface area contributed by atoms with Crippen LogP contribution in [-0.4, -0.2) is 36.1 Å². The summed E-state index contributed by atoms with van der Waals surface area (Å²) in [6.07, 6.45) is 6.77. The molecule has 2 heterocycles. The molecule has 1 atom stereocenters. The number of hydrogen-bond donors (Lipinski definition) is 0. The lowest BCUT2D eigenvalue weighted by Gasteiger charge is -2.28. The average molecular weight is 296 g/mol. The van der Waals surface area contributed by atoms with E-state index in [2.05, 4.69) is 4.98 Å². The highest BCUT2D eigenvalue weighted by atomic mass is 32.2. The van der Waals surface area contributed by atoms with Crippen LogP contribution < -0.4 is 0 Å². The van der Waals surface area contributed by atoms with Crippen LogP contribution in [0.2, 0.25) is 0 Å². The van der Waals surface area contributed by atoms with Crippen molar-refractivity contribution < 1.29 is 13.2 Å². The Kier molecular flexibility index (Phi) is 4.88. The maximum atomic E-state index is 12.7. The number of ketones is 1. The Labute approximate surface area is 120 Å². The topological polar surface area (TPSA) is 67.3 Å². The zero-order valence-electron chi connectivity index (χ0n) is 11.7. The SMILES string of the molecule is CC(=O)CC1CCCCCN1S(=O)(=O)c1cccnc1. The zero-order chi connectivity index (χ0) is 14.6. The van der Waals surface area contributed by atoms with E-state index in [1.54, 1.807) is 18.3 Å². The predicted octanol–water partition coefficient (Wildman–Crippen LogP) is 1.99. The van der Waals surface area contributed by atoms with Gasteiger partial charge in [-0.15, -0.1) is 0 Å². The van der Waals surface area contributed by atoms with Crippen molar-refractivity contribution in [3.05, 3.63) is 24.5 Å². The summed E-state index contributed by atoms with van der Waals surface area (Å²) < 4.78 is 26.9. The number of hydrogen-bond acceptors (Lipinski definition) is 4. The van der Waals surface area contributed by atoms with E-state index in [-0.39, 0.29) is 16.7 Å². The van der Waals surface area contributed by atoms with Gasteiger partial charge in [0.05, 0.1) is 0 Å². The Balaban J connectivity index is 2.32. The second-order valence-electron chi connectivity index (χ2n) is 5.21. The summed E-state index contributed by atoms with van der Waals surface area (Å²) in [5, 5.41) is 0. The molecular formula is C14H20N2O3S. The third kappa shape index (κ3) is 3.43. The number of carbonyl (C=O) groups excluding carboxylic acids is 1. The lowest BCUT2D eigenvalue weighted by atomic mass is 10.1. The standard InChI is InChI=1S/C14H20N2O3S/c1-12(17)10-13-6-3-2-4-9-16(13)20(18,19)14-7-5-8-15-11-14/h5,7-8,11,13H,2-4,6,9-10H2,1H3. The first-order chi connectivity index (χ1) is 9.51. The number of sulfonamides is 1. The smallest absolute Gasteiger partial charge is 0.244 e. The third-order valence-electron chi connectivity index (χ3n) is 3.59. The van der Waals surface area contributed by atoms with Crippen LogP contribution >= 0.6 is 0 Å². The summed E-state index contributed by atoms with van der Waals surface area (Å²) >= 11 is 0. The van der Waals surface area contributed by atoms with Crippen LogP contribution in [0.25, 0.3) is 0 Å². The minimum absolute atomic E-state index is 0.0308. The van der Waals surface area contributed by atoms with Crippen LogP contribution in [0.3, 0.4) is 0 Å². The number of nitrogens with zero attached hydrogens (tertiary/aromatic N) is 2. The van der Waals surface area contributed by atoms with Gasteiger partial charge in [0.2, 0.25) is 10.0 Å². The van der Waals surface area contributed by atoms with Crippen molar-refractivity contribution in [2.75, 3.05) is 6.54 Å². The first-order valence-corrected chi connectivity index (χ1v) is 8.37. The average Bonchev–Trinajstić information content (AvgIpc) is 2.65. The Morgan fingerprint density at radius 2 is 2.20 bits per heavy atom. The van der Waals surface area contributed by atoms with Gasteiger partial charge in [0.25, 0.3) is 0 Å².